The molecule has 0 aromatic carbocycles. The molecule has 7 heteroatoms. The van der Waals surface area contributed by atoms with E-state index in [4.69, 9.17) is 0 Å². The zero-order chi connectivity index (χ0) is 20.0. The molecule has 1 spiro atoms. The molecule has 2 aliphatic carbocycles. The lowest BCUT2D eigenvalue weighted by Crippen LogP contribution is -2.42. The minimum Gasteiger partial charge on any atom is -0.388 e. The van der Waals surface area contributed by atoms with Crippen molar-refractivity contribution in [2.24, 2.45) is 11.3 Å². The molecule has 1 aromatic rings. The first kappa shape index (κ1) is 21.4. The Labute approximate surface area is 162 Å². The Kier molecular flexibility index (Phi) is 7.41. The van der Waals surface area contributed by atoms with E-state index in [0.717, 1.165) is 50.0 Å². The standard InChI is InChI=1S/C11H16N2O2.C7H12N2.C2H6O/c14-7-13-5-9(11(6-13)3-4-11)12-10(15)8-1-2-8;1-5(2)7-4-6(3)8-9-7;1-3-2/h7-9H,1-6H2,(H,12,15);4-5H,1-3H3,(H,8,9);1-2H3. The maximum absolute atomic E-state index is 11.7. The van der Waals surface area contributed by atoms with E-state index < -0.39 is 0 Å². The van der Waals surface area contributed by atoms with Gasteiger partial charge >= 0.3 is 0 Å². The van der Waals surface area contributed by atoms with Crippen LogP contribution in [0.15, 0.2) is 6.07 Å². The molecule has 1 aromatic heterocycles. The molecule has 2 N–H and O–H groups in total. The van der Waals surface area contributed by atoms with E-state index in [1.54, 1.807) is 19.1 Å². The van der Waals surface area contributed by atoms with Gasteiger partial charge in [0.15, 0.2) is 0 Å². The smallest absolute Gasteiger partial charge is 0.223 e. The number of aromatic amines is 1. The number of H-pyrrole nitrogens is 1. The molecule has 1 saturated heterocycles. The average molecular weight is 379 g/mol. The Hall–Kier alpha value is -1.89. The molecule has 2 heterocycles. The van der Waals surface area contributed by atoms with Gasteiger partial charge in [0, 0.05) is 44.3 Å². The average Bonchev–Trinajstić information content (AvgIpc) is 3.52. The van der Waals surface area contributed by atoms with Crippen LogP contribution >= 0.6 is 0 Å². The van der Waals surface area contributed by atoms with E-state index in [-0.39, 0.29) is 23.3 Å². The Bertz CT molecular complexity index is 620. The number of amides is 2. The van der Waals surface area contributed by atoms with Crippen molar-refractivity contribution in [3.05, 3.63) is 17.5 Å². The van der Waals surface area contributed by atoms with E-state index >= 15 is 0 Å². The number of carbonyl (C=O) groups excluding carboxylic acids is 2. The van der Waals surface area contributed by atoms with Gasteiger partial charge in [-0.25, -0.2) is 0 Å². The minimum atomic E-state index is 0.207. The third-order valence-electron chi connectivity index (χ3n) is 5.30. The van der Waals surface area contributed by atoms with Crippen LogP contribution in [0.1, 0.15) is 56.8 Å². The van der Waals surface area contributed by atoms with Crippen LogP contribution in [0.2, 0.25) is 0 Å². The number of rotatable bonds is 4. The van der Waals surface area contributed by atoms with Crippen LogP contribution in [0, 0.1) is 18.3 Å². The normalized spacial score (nSPS) is 21.9. The summed E-state index contributed by atoms with van der Waals surface area (Å²) < 4.78 is 4.25. The lowest BCUT2D eigenvalue weighted by atomic mass is 10.0. The first-order valence-electron chi connectivity index (χ1n) is 9.77. The lowest BCUT2D eigenvalue weighted by Gasteiger charge is -2.18. The van der Waals surface area contributed by atoms with Gasteiger partial charge < -0.3 is 15.0 Å². The van der Waals surface area contributed by atoms with Gasteiger partial charge in [-0.3, -0.25) is 14.7 Å². The van der Waals surface area contributed by atoms with Crippen LogP contribution in [0.3, 0.4) is 0 Å². The number of likely N-dealkylation sites (tertiary alicyclic amines) is 1. The van der Waals surface area contributed by atoms with Gasteiger partial charge in [0.05, 0.1) is 11.7 Å². The maximum atomic E-state index is 11.7. The van der Waals surface area contributed by atoms with E-state index in [1.165, 1.54) is 0 Å². The second kappa shape index (κ2) is 9.35. The summed E-state index contributed by atoms with van der Waals surface area (Å²) >= 11 is 0. The predicted molar refractivity (Wildman–Crippen MR) is 104 cm³/mol. The highest BCUT2D eigenvalue weighted by Gasteiger charge is 2.55. The summed E-state index contributed by atoms with van der Waals surface area (Å²) in [5.74, 6) is 1.01. The molecule has 2 saturated carbocycles. The summed E-state index contributed by atoms with van der Waals surface area (Å²) in [5.41, 5.74) is 2.53. The molecule has 1 atom stereocenters. The van der Waals surface area contributed by atoms with E-state index in [1.807, 2.05) is 6.92 Å². The monoisotopic (exact) mass is 378 g/mol. The first-order valence-corrected chi connectivity index (χ1v) is 9.77. The second-order valence-electron chi connectivity index (χ2n) is 8.27. The van der Waals surface area contributed by atoms with E-state index in [0.29, 0.717) is 12.5 Å². The summed E-state index contributed by atoms with van der Waals surface area (Å²) in [6.07, 6.45) is 5.31. The molecular weight excluding hydrogens is 344 g/mol. The third-order valence-corrected chi connectivity index (χ3v) is 5.30. The molecular formula is C20H34N4O3. The number of methoxy groups -OCH3 is 1. The Morgan fingerprint density at radius 1 is 1.41 bits per heavy atom. The summed E-state index contributed by atoms with van der Waals surface area (Å²) in [5, 5.41) is 10.1. The number of aromatic nitrogens is 2. The molecule has 3 fully saturated rings. The van der Waals surface area contributed by atoms with Crippen LogP contribution in [0.4, 0.5) is 0 Å². The van der Waals surface area contributed by atoms with Crippen molar-refractivity contribution in [2.45, 2.75) is 58.4 Å². The predicted octanol–water partition coefficient (Wildman–Crippen LogP) is 2.24. The Morgan fingerprint density at radius 3 is 2.41 bits per heavy atom. The first-order chi connectivity index (χ1) is 12.8. The summed E-state index contributed by atoms with van der Waals surface area (Å²) in [4.78, 5) is 24.2. The van der Waals surface area contributed by atoms with Crippen molar-refractivity contribution in [3.63, 3.8) is 0 Å². The van der Waals surface area contributed by atoms with Crippen molar-refractivity contribution in [1.82, 2.24) is 20.4 Å². The fourth-order valence-electron chi connectivity index (χ4n) is 3.32. The van der Waals surface area contributed by atoms with Gasteiger partial charge in [0.25, 0.3) is 0 Å². The number of hydrogen-bond acceptors (Lipinski definition) is 4. The summed E-state index contributed by atoms with van der Waals surface area (Å²) in [6, 6.07) is 2.29. The topological polar surface area (TPSA) is 87.3 Å². The highest BCUT2D eigenvalue weighted by molar-refractivity contribution is 5.81. The number of nitrogens with zero attached hydrogens (tertiary/aromatic N) is 2. The fraction of sp³-hybridized carbons (Fsp3) is 0.750. The van der Waals surface area contributed by atoms with Gasteiger partial charge in [-0.05, 0) is 44.6 Å². The highest BCUT2D eigenvalue weighted by atomic mass is 16.4. The fourth-order valence-corrected chi connectivity index (χ4v) is 3.32. The lowest BCUT2D eigenvalue weighted by molar-refractivity contribution is -0.123. The number of aryl methyl sites for hydroxylation is 1. The molecule has 3 aliphatic rings. The Morgan fingerprint density at radius 2 is 2.04 bits per heavy atom. The van der Waals surface area contributed by atoms with Crippen molar-refractivity contribution in [2.75, 3.05) is 27.3 Å². The number of nitrogens with one attached hydrogen (secondary N) is 2. The molecule has 27 heavy (non-hydrogen) atoms. The molecule has 0 bridgehead atoms. The number of ether oxygens (including phenoxy) is 1. The van der Waals surface area contributed by atoms with Crippen molar-refractivity contribution in [1.29, 1.82) is 0 Å². The molecule has 0 radical (unpaired) electrons. The molecule has 1 aliphatic heterocycles. The van der Waals surface area contributed by atoms with Crippen molar-refractivity contribution in [3.8, 4) is 0 Å². The van der Waals surface area contributed by atoms with Gasteiger partial charge in [0.1, 0.15) is 0 Å². The van der Waals surface area contributed by atoms with Gasteiger partial charge in [-0.1, -0.05) is 13.8 Å². The van der Waals surface area contributed by atoms with Crippen molar-refractivity contribution >= 4 is 12.3 Å². The van der Waals surface area contributed by atoms with Gasteiger partial charge in [-0.2, -0.15) is 5.10 Å². The van der Waals surface area contributed by atoms with Gasteiger partial charge in [-0.15, -0.1) is 0 Å². The summed E-state index contributed by atoms with van der Waals surface area (Å²) in [6.45, 7) is 7.83. The molecule has 2 amide bonds. The van der Waals surface area contributed by atoms with Crippen LogP contribution < -0.4 is 5.32 Å². The molecule has 1 unspecified atom stereocenters. The minimum absolute atomic E-state index is 0.207. The number of carbonyl (C=O) groups is 2. The van der Waals surface area contributed by atoms with E-state index in [2.05, 4.69) is 40.2 Å². The van der Waals surface area contributed by atoms with Crippen LogP contribution in [-0.4, -0.2) is 60.8 Å². The van der Waals surface area contributed by atoms with Crippen molar-refractivity contribution < 1.29 is 14.3 Å². The zero-order valence-electron chi connectivity index (χ0n) is 17.2. The Balaban J connectivity index is 0.000000187. The largest absolute Gasteiger partial charge is 0.388 e. The highest BCUT2D eigenvalue weighted by Crippen LogP contribution is 2.52. The van der Waals surface area contributed by atoms with E-state index in [9.17, 15) is 9.59 Å². The number of hydrogen-bond donors (Lipinski definition) is 2. The zero-order valence-corrected chi connectivity index (χ0v) is 17.2. The third kappa shape index (κ3) is 6.06. The maximum Gasteiger partial charge on any atom is 0.223 e. The van der Waals surface area contributed by atoms with Gasteiger partial charge in [0.2, 0.25) is 12.3 Å². The SMILES string of the molecule is COC.Cc1cc(C(C)C)n[nH]1.O=CN1CC(NC(=O)C2CC2)C2(CC2)C1. The molecule has 152 valence electrons. The molecule has 4 rings (SSSR count). The second-order valence-corrected chi connectivity index (χ2v) is 8.27. The summed E-state index contributed by atoms with van der Waals surface area (Å²) in [7, 11) is 3.25. The van der Waals surface area contributed by atoms with Crippen LogP contribution in [-0.2, 0) is 14.3 Å². The molecule has 7 nitrogen and oxygen atoms in total. The van der Waals surface area contributed by atoms with Crippen LogP contribution in [0.25, 0.3) is 0 Å². The quantitative estimate of drug-likeness (QED) is 0.787. The van der Waals surface area contributed by atoms with Crippen LogP contribution in [0.5, 0.6) is 0 Å².